The molecule has 148 valence electrons. The van der Waals surface area contributed by atoms with Crippen LogP contribution in [0.3, 0.4) is 0 Å². The van der Waals surface area contributed by atoms with Gasteiger partial charge in [-0.15, -0.1) is 0 Å². The van der Waals surface area contributed by atoms with Crippen LogP contribution in [0.2, 0.25) is 0 Å². The van der Waals surface area contributed by atoms with Crippen molar-refractivity contribution in [2.75, 3.05) is 0 Å². The Bertz CT molecular complexity index is 524. The Kier molecular flexibility index (Phi) is 5.30. The average Bonchev–Trinajstić information content (AvgIpc) is 2.97. The number of ketones is 1. The summed E-state index contributed by atoms with van der Waals surface area (Å²) < 4.78 is 0. The Hall–Kier alpha value is -0.330. The van der Waals surface area contributed by atoms with E-state index in [0.29, 0.717) is 16.6 Å². The van der Waals surface area contributed by atoms with E-state index in [9.17, 15) is 4.79 Å². The lowest BCUT2D eigenvalue weighted by Gasteiger charge is -2.60. The van der Waals surface area contributed by atoms with E-state index in [0.717, 1.165) is 48.9 Å². The summed E-state index contributed by atoms with van der Waals surface area (Å²) in [4.78, 5) is 11.7. The standard InChI is InChI=1S/C25H42O/c1-4-20(26)10-7-9-19-12-14-22-21-13-11-18-8-5-6-16-24(18,2)23(21)15-17-25(19,22)3/h18-19,21-23H,4-17H2,1-3H3/t18-,19?,21-,22?,23?,24-,25+/m0/s1. The second-order valence-corrected chi connectivity index (χ2v) is 11.0. The average molecular weight is 359 g/mol. The minimum Gasteiger partial charge on any atom is -0.300 e. The summed E-state index contributed by atoms with van der Waals surface area (Å²) in [5.41, 5.74) is 1.27. The highest BCUT2D eigenvalue weighted by Crippen LogP contribution is 2.67. The zero-order valence-electron chi connectivity index (χ0n) is 17.7. The third-order valence-electron chi connectivity index (χ3n) is 10.2. The maximum Gasteiger partial charge on any atom is 0.132 e. The lowest BCUT2D eigenvalue weighted by molar-refractivity contribution is -0.119. The van der Waals surface area contributed by atoms with E-state index >= 15 is 0 Å². The van der Waals surface area contributed by atoms with Crippen LogP contribution in [0, 0.1) is 40.4 Å². The zero-order valence-corrected chi connectivity index (χ0v) is 17.7. The van der Waals surface area contributed by atoms with Gasteiger partial charge < -0.3 is 0 Å². The quantitative estimate of drug-likeness (QED) is 0.508. The lowest BCUT2D eigenvalue weighted by atomic mass is 9.45. The number of hydrogen-bond acceptors (Lipinski definition) is 1. The Morgan fingerprint density at radius 2 is 1.69 bits per heavy atom. The highest BCUT2D eigenvalue weighted by molar-refractivity contribution is 5.77. The second-order valence-electron chi connectivity index (χ2n) is 11.0. The Balaban J connectivity index is 1.45. The first-order chi connectivity index (χ1) is 12.5. The van der Waals surface area contributed by atoms with E-state index in [2.05, 4.69) is 13.8 Å². The molecule has 0 bridgehead atoms. The van der Waals surface area contributed by atoms with Crippen molar-refractivity contribution in [1.29, 1.82) is 0 Å². The molecule has 0 aliphatic heterocycles. The summed E-state index contributed by atoms with van der Waals surface area (Å²) >= 11 is 0. The maximum absolute atomic E-state index is 11.7. The summed E-state index contributed by atoms with van der Waals surface area (Å²) in [6.07, 6.45) is 19.0. The Morgan fingerprint density at radius 1 is 0.885 bits per heavy atom. The molecule has 0 saturated heterocycles. The van der Waals surface area contributed by atoms with E-state index in [1.807, 2.05) is 6.92 Å². The van der Waals surface area contributed by atoms with Crippen molar-refractivity contribution in [3.05, 3.63) is 0 Å². The number of carbonyl (C=O) groups excluding carboxylic acids is 1. The summed E-state index contributed by atoms with van der Waals surface area (Å²) in [7, 11) is 0. The molecule has 4 fully saturated rings. The lowest BCUT2D eigenvalue weighted by Crippen LogP contribution is -2.52. The molecule has 4 rings (SSSR count). The van der Waals surface area contributed by atoms with Gasteiger partial charge in [0.2, 0.25) is 0 Å². The van der Waals surface area contributed by atoms with Crippen LogP contribution in [-0.2, 0) is 4.79 Å². The zero-order chi connectivity index (χ0) is 18.4. The first-order valence-electron chi connectivity index (χ1n) is 12.0. The Morgan fingerprint density at radius 3 is 2.50 bits per heavy atom. The summed E-state index contributed by atoms with van der Waals surface area (Å²) in [5, 5.41) is 0. The largest absolute Gasteiger partial charge is 0.300 e. The highest BCUT2D eigenvalue weighted by Gasteiger charge is 2.59. The minimum atomic E-state index is 0.469. The number of Topliss-reactive ketones (excluding diaryl/α,β-unsaturated/α-hetero) is 1. The van der Waals surface area contributed by atoms with E-state index < -0.39 is 0 Å². The van der Waals surface area contributed by atoms with Crippen LogP contribution < -0.4 is 0 Å². The predicted octanol–water partition coefficient (Wildman–Crippen LogP) is 7.18. The van der Waals surface area contributed by atoms with E-state index in [4.69, 9.17) is 0 Å². The molecule has 4 aliphatic rings. The third-order valence-corrected chi connectivity index (χ3v) is 10.2. The van der Waals surface area contributed by atoms with Gasteiger partial charge in [-0.3, -0.25) is 4.79 Å². The molecule has 0 aromatic carbocycles. The molecule has 7 atom stereocenters. The molecular formula is C25H42O. The van der Waals surface area contributed by atoms with E-state index in [1.165, 1.54) is 70.6 Å². The van der Waals surface area contributed by atoms with Crippen LogP contribution in [0.4, 0.5) is 0 Å². The summed E-state index contributed by atoms with van der Waals surface area (Å²) in [6, 6.07) is 0. The van der Waals surface area contributed by atoms with Gasteiger partial charge >= 0.3 is 0 Å². The van der Waals surface area contributed by atoms with Gasteiger partial charge in [0, 0.05) is 12.8 Å². The molecule has 4 saturated carbocycles. The van der Waals surface area contributed by atoms with Gasteiger partial charge in [-0.05, 0) is 105 Å². The summed E-state index contributed by atoms with van der Waals surface area (Å²) in [6.45, 7) is 7.36. The van der Waals surface area contributed by atoms with Crippen LogP contribution in [-0.4, -0.2) is 5.78 Å². The molecule has 4 aliphatic carbocycles. The molecule has 0 radical (unpaired) electrons. The van der Waals surface area contributed by atoms with Crippen molar-refractivity contribution in [2.45, 2.75) is 111 Å². The van der Waals surface area contributed by atoms with Gasteiger partial charge in [-0.2, -0.15) is 0 Å². The first-order valence-corrected chi connectivity index (χ1v) is 12.0. The monoisotopic (exact) mass is 358 g/mol. The predicted molar refractivity (Wildman–Crippen MR) is 109 cm³/mol. The molecule has 1 heteroatoms. The Labute approximate surface area is 162 Å². The molecule has 26 heavy (non-hydrogen) atoms. The highest BCUT2D eigenvalue weighted by atomic mass is 16.1. The van der Waals surface area contributed by atoms with Crippen molar-refractivity contribution in [3.8, 4) is 0 Å². The fourth-order valence-corrected chi connectivity index (χ4v) is 8.60. The van der Waals surface area contributed by atoms with Crippen LogP contribution in [0.15, 0.2) is 0 Å². The van der Waals surface area contributed by atoms with Crippen LogP contribution in [0.1, 0.15) is 111 Å². The smallest absolute Gasteiger partial charge is 0.132 e. The van der Waals surface area contributed by atoms with Crippen LogP contribution in [0.5, 0.6) is 0 Å². The SMILES string of the molecule is CCC(=O)CCCC1CCC2[C@@H]3CC[C@@H]4CCCC[C@]4(C)C3CC[C@]12C. The van der Waals surface area contributed by atoms with Crippen molar-refractivity contribution in [1.82, 2.24) is 0 Å². The van der Waals surface area contributed by atoms with Crippen molar-refractivity contribution in [3.63, 3.8) is 0 Å². The topological polar surface area (TPSA) is 17.1 Å². The van der Waals surface area contributed by atoms with E-state index in [1.54, 1.807) is 0 Å². The van der Waals surface area contributed by atoms with Gasteiger partial charge in [0.25, 0.3) is 0 Å². The third kappa shape index (κ3) is 3.00. The minimum absolute atomic E-state index is 0.469. The van der Waals surface area contributed by atoms with Gasteiger partial charge in [0.15, 0.2) is 0 Å². The molecule has 1 nitrogen and oxygen atoms in total. The molecule has 0 aromatic heterocycles. The van der Waals surface area contributed by atoms with Crippen molar-refractivity contribution in [2.24, 2.45) is 40.4 Å². The fourth-order valence-electron chi connectivity index (χ4n) is 8.60. The van der Waals surface area contributed by atoms with Gasteiger partial charge in [-0.25, -0.2) is 0 Å². The fraction of sp³-hybridized carbons (Fsp3) is 0.960. The molecule has 0 heterocycles. The van der Waals surface area contributed by atoms with Gasteiger partial charge in [-0.1, -0.05) is 33.6 Å². The number of rotatable bonds is 5. The summed E-state index contributed by atoms with van der Waals surface area (Å²) in [5.74, 6) is 5.45. The van der Waals surface area contributed by atoms with Gasteiger partial charge in [0.1, 0.15) is 5.78 Å². The molecule has 0 aromatic rings. The molecule has 0 N–H and O–H groups in total. The number of fused-ring (bicyclic) bond motifs is 5. The normalized spacial score (nSPS) is 47.7. The second kappa shape index (κ2) is 7.25. The molecule has 0 amide bonds. The number of carbonyl (C=O) groups is 1. The maximum atomic E-state index is 11.7. The number of hydrogen-bond donors (Lipinski definition) is 0. The van der Waals surface area contributed by atoms with Gasteiger partial charge in [0.05, 0.1) is 0 Å². The molecule has 3 unspecified atom stereocenters. The molecular weight excluding hydrogens is 316 g/mol. The van der Waals surface area contributed by atoms with Crippen LogP contribution >= 0.6 is 0 Å². The first kappa shape index (κ1) is 19.0. The van der Waals surface area contributed by atoms with Crippen molar-refractivity contribution < 1.29 is 4.79 Å². The van der Waals surface area contributed by atoms with Crippen molar-refractivity contribution >= 4 is 5.78 Å². The molecule has 0 spiro atoms. The van der Waals surface area contributed by atoms with Crippen LogP contribution in [0.25, 0.3) is 0 Å². The van der Waals surface area contributed by atoms with E-state index in [-0.39, 0.29) is 0 Å².